The average molecular weight is 566 g/mol. The number of rotatable bonds is 6. The maximum absolute atomic E-state index is 13.3. The van der Waals surface area contributed by atoms with Gasteiger partial charge in [-0.25, -0.2) is 0 Å². The summed E-state index contributed by atoms with van der Waals surface area (Å²) in [6, 6.07) is 1.61. The maximum Gasteiger partial charge on any atom is 0.416 e. The molecule has 0 amide bonds. The smallest absolute Gasteiger partial charge is 0.310 e. The summed E-state index contributed by atoms with van der Waals surface area (Å²) in [5, 5.41) is 5.62. The third kappa shape index (κ3) is 7.78. The molecular formula is C24H22F12N2. The van der Waals surface area contributed by atoms with Crippen molar-refractivity contribution in [2.45, 2.75) is 75.6 Å². The standard InChI is InChI=1S/C24H22F12N2/c25-21(26,27)15-1-7-19(23(31,32)33)13(9-15)11-37-17-3-5-18(6-4-17)38-12-14-10-16(22(28,29)30)2-8-20(14)24(34,35)36/h1-2,7-10,17-18,37-38H,3-6,11-12H2. The van der Waals surface area contributed by atoms with Gasteiger partial charge in [0.15, 0.2) is 0 Å². The summed E-state index contributed by atoms with van der Waals surface area (Å²) in [5.41, 5.74) is -5.98. The van der Waals surface area contributed by atoms with Gasteiger partial charge in [0.25, 0.3) is 0 Å². The lowest BCUT2D eigenvalue weighted by atomic mass is 9.90. The van der Waals surface area contributed by atoms with E-state index in [9.17, 15) is 52.7 Å². The van der Waals surface area contributed by atoms with E-state index in [1.807, 2.05) is 0 Å². The topological polar surface area (TPSA) is 24.1 Å². The van der Waals surface area contributed by atoms with E-state index in [1.54, 1.807) is 0 Å². The third-order valence-electron chi connectivity index (χ3n) is 6.37. The molecule has 1 aliphatic rings. The van der Waals surface area contributed by atoms with E-state index in [0.29, 0.717) is 62.1 Å². The van der Waals surface area contributed by atoms with Gasteiger partial charge >= 0.3 is 24.7 Å². The monoisotopic (exact) mass is 566 g/mol. The molecule has 0 heterocycles. The van der Waals surface area contributed by atoms with E-state index in [0.717, 1.165) is 0 Å². The van der Waals surface area contributed by atoms with E-state index in [-0.39, 0.29) is 12.1 Å². The van der Waals surface area contributed by atoms with Crippen molar-refractivity contribution in [3.8, 4) is 0 Å². The van der Waals surface area contributed by atoms with Crippen molar-refractivity contribution >= 4 is 0 Å². The molecule has 0 atom stereocenters. The molecule has 0 radical (unpaired) electrons. The molecule has 0 aromatic heterocycles. The summed E-state index contributed by atoms with van der Waals surface area (Å²) >= 11 is 0. The fourth-order valence-electron chi connectivity index (χ4n) is 4.40. The second-order valence-corrected chi connectivity index (χ2v) is 9.05. The normalized spacial score (nSPS) is 19.6. The highest BCUT2D eigenvalue weighted by molar-refractivity contribution is 5.36. The van der Waals surface area contributed by atoms with Crippen LogP contribution >= 0.6 is 0 Å². The molecule has 0 bridgehead atoms. The van der Waals surface area contributed by atoms with Gasteiger partial charge in [0.05, 0.1) is 22.3 Å². The van der Waals surface area contributed by atoms with Crippen LogP contribution in [0.1, 0.15) is 59.1 Å². The maximum atomic E-state index is 13.3. The minimum atomic E-state index is -4.86. The van der Waals surface area contributed by atoms with E-state index >= 15 is 0 Å². The molecule has 1 aliphatic carbocycles. The van der Waals surface area contributed by atoms with Crippen LogP contribution < -0.4 is 10.6 Å². The summed E-state index contributed by atoms with van der Waals surface area (Å²) in [5.74, 6) is 0. The van der Waals surface area contributed by atoms with Crippen LogP contribution in [0.4, 0.5) is 52.7 Å². The lowest BCUT2D eigenvalue weighted by Gasteiger charge is -2.30. The van der Waals surface area contributed by atoms with Crippen molar-refractivity contribution in [1.29, 1.82) is 0 Å². The van der Waals surface area contributed by atoms with Crippen molar-refractivity contribution < 1.29 is 52.7 Å². The Hall–Kier alpha value is -2.48. The first-order chi connectivity index (χ1) is 17.4. The lowest BCUT2D eigenvalue weighted by molar-refractivity contribution is -0.141. The highest BCUT2D eigenvalue weighted by Crippen LogP contribution is 2.38. The lowest BCUT2D eigenvalue weighted by Crippen LogP contribution is -2.40. The second-order valence-electron chi connectivity index (χ2n) is 9.05. The highest BCUT2D eigenvalue weighted by atomic mass is 19.4. The summed E-state index contributed by atoms with van der Waals surface area (Å²) in [6.45, 7) is -0.971. The van der Waals surface area contributed by atoms with Crippen molar-refractivity contribution in [3.63, 3.8) is 0 Å². The van der Waals surface area contributed by atoms with Crippen molar-refractivity contribution in [2.75, 3.05) is 0 Å². The molecule has 1 fully saturated rings. The fraction of sp³-hybridized carbons (Fsp3) is 0.500. The van der Waals surface area contributed by atoms with Gasteiger partial charge in [0, 0.05) is 25.2 Å². The number of hydrogen-bond acceptors (Lipinski definition) is 2. The van der Waals surface area contributed by atoms with Crippen LogP contribution in [-0.2, 0) is 37.8 Å². The van der Waals surface area contributed by atoms with Crippen LogP contribution in [0, 0.1) is 0 Å². The number of hydrogen-bond donors (Lipinski definition) is 2. The number of halogens is 12. The molecule has 3 rings (SSSR count). The summed E-state index contributed by atoms with van der Waals surface area (Å²) in [4.78, 5) is 0. The van der Waals surface area contributed by atoms with Crippen LogP contribution in [0.2, 0.25) is 0 Å². The van der Waals surface area contributed by atoms with Crippen LogP contribution in [0.3, 0.4) is 0 Å². The van der Waals surface area contributed by atoms with Crippen LogP contribution in [0.15, 0.2) is 36.4 Å². The van der Waals surface area contributed by atoms with Crippen molar-refractivity contribution in [2.24, 2.45) is 0 Å². The molecule has 1 saturated carbocycles. The SMILES string of the molecule is FC(F)(F)c1ccc(C(F)(F)F)c(CNC2CCC(NCc3cc(C(F)(F)F)ccc3C(F)(F)F)CC2)c1. The second kappa shape index (κ2) is 10.9. The van der Waals surface area contributed by atoms with Gasteiger partial charge in [-0.2, -0.15) is 52.7 Å². The van der Waals surface area contributed by atoms with Gasteiger partial charge in [0.1, 0.15) is 0 Å². The predicted molar refractivity (Wildman–Crippen MR) is 113 cm³/mol. The quantitative estimate of drug-likeness (QED) is 0.347. The minimum absolute atomic E-state index is 0.340. The first-order valence-electron chi connectivity index (χ1n) is 11.4. The van der Waals surface area contributed by atoms with E-state index < -0.39 is 71.2 Å². The molecular weight excluding hydrogens is 544 g/mol. The first-order valence-corrected chi connectivity index (χ1v) is 11.4. The minimum Gasteiger partial charge on any atom is -0.310 e. The van der Waals surface area contributed by atoms with Gasteiger partial charge in [-0.05, 0) is 73.2 Å². The molecule has 0 spiro atoms. The molecule has 14 heteroatoms. The van der Waals surface area contributed by atoms with Crippen molar-refractivity contribution in [1.82, 2.24) is 10.6 Å². The molecule has 2 N–H and O–H groups in total. The highest BCUT2D eigenvalue weighted by Gasteiger charge is 2.38. The number of benzene rings is 2. The van der Waals surface area contributed by atoms with Crippen LogP contribution in [-0.4, -0.2) is 12.1 Å². The molecule has 2 aromatic rings. The molecule has 38 heavy (non-hydrogen) atoms. The number of alkyl halides is 12. The van der Waals surface area contributed by atoms with E-state index in [4.69, 9.17) is 0 Å². The van der Waals surface area contributed by atoms with Gasteiger partial charge < -0.3 is 10.6 Å². The molecule has 2 nitrogen and oxygen atoms in total. The van der Waals surface area contributed by atoms with Crippen LogP contribution in [0.5, 0.6) is 0 Å². The van der Waals surface area contributed by atoms with Crippen molar-refractivity contribution in [3.05, 3.63) is 69.8 Å². The molecule has 2 aromatic carbocycles. The Labute approximate surface area is 209 Å². The Morgan fingerprint density at radius 2 is 0.816 bits per heavy atom. The van der Waals surface area contributed by atoms with E-state index in [2.05, 4.69) is 10.6 Å². The van der Waals surface area contributed by atoms with Gasteiger partial charge in [-0.1, -0.05) is 0 Å². The first kappa shape index (κ1) is 30.1. The zero-order chi connectivity index (χ0) is 28.5. The van der Waals surface area contributed by atoms with Gasteiger partial charge in [0.2, 0.25) is 0 Å². The van der Waals surface area contributed by atoms with Gasteiger partial charge in [-0.15, -0.1) is 0 Å². The molecule has 0 unspecified atom stereocenters. The Bertz CT molecular complexity index is 1000. The molecule has 0 saturated heterocycles. The Morgan fingerprint density at radius 3 is 1.08 bits per heavy atom. The fourth-order valence-corrected chi connectivity index (χ4v) is 4.40. The average Bonchev–Trinajstić information content (AvgIpc) is 2.79. The molecule has 0 aliphatic heterocycles. The largest absolute Gasteiger partial charge is 0.416 e. The van der Waals surface area contributed by atoms with Gasteiger partial charge in [-0.3, -0.25) is 0 Å². The Balaban J connectivity index is 1.61. The summed E-state index contributed by atoms with van der Waals surface area (Å²) in [6.07, 6.45) is -18.0. The number of nitrogens with one attached hydrogen (secondary N) is 2. The third-order valence-corrected chi connectivity index (χ3v) is 6.37. The predicted octanol–water partition coefficient (Wildman–Crippen LogP) is 7.95. The summed E-state index contributed by atoms with van der Waals surface area (Å²) in [7, 11) is 0. The zero-order valence-electron chi connectivity index (χ0n) is 19.4. The van der Waals surface area contributed by atoms with E-state index in [1.165, 1.54) is 0 Å². The molecule has 212 valence electrons. The zero-order valence-corrected chi connectivity index (χ0v) is 19.4. The Kier molecular flexibility index (Phi) is 8.66. The summed E-state index contributed by atoms with van der Waals surface area (Å²) < 4.78 is 157. The Morgan fingerprint density at radius 1 is 0.500 bits per heavy atom. The van der Waals surface area contributed by atoms with Crippen LogP contribution in [0.25, 0.3) is 0 Å².